The van der Waals surface area contributed by atoms with Crippen molar-refractivity contribution in [3.05, 3.63) is 43.2 Å². The predicted molar refractivity (Wildman–Crippen MR) is 73.0 cm³/mol. The molecule has 16 heavy (non-hydrogen) atoms. The third kappa shape index (κ3) is 3.15. The number of aliphatic hydroxyl groups excluding tert-OH is 1. The summed E-state index contributed by atoms with van der Waals surface area (Å²) in [5.41, 5.74) is 0. The Morgan fingerprint density at radius 1 is 1.38 bits per heavy atom. The molecule has 0 saturated carbocycles. The Labute approximate surface area is 111 Å². The first kappa shape index (κ1) is 12.3. The van der Waals surface area contributed by atoms with E-state index in [0.29, 0.717) is 0 Å². The first-order chi connectivity index (χ1) is 7.79. The van der Waals surface area contributed by atoms with Crippen LogP contribution < -0.4 is 5.32 Å². The van der Waals surface area contributed by atoms with Crippen LogP contribution in [0.25, 0.3) is 0 Å². The Bertz CT molecular complexity index is 427. The van der Waals surface area contributed by atoms with Crippen LogP contribution in [-0.4, -0.2) is 11.7 Å². The molecule has 86 valence electrons. The fraction of sp³-hybridized carbons (Fsp3) is 0.273. The van der Waals surface area contributed by atoms with Gasteiger partial charge in [-0.2, -0.15) is 0 Å². The van der Waals surface area contributed by atoms with Crippen LogP contribution in [-0.2, 0) is 6.54 Å². The smallest absolute Gasteiger partial charge is 0.0702 e. The standard InChI is InChI=1S/C11H12BrNOS2/c12-11-4-3-10(16-11)9(7-14)13-6-8-2-1-5-15-8/h1-5,9,13-14H,6-7H2. The first-order valence-corrected chi connectivity index (χ1v) is 7.40. The van der Waals surface area contributed by atoms with Crippen LogP contribution in [0.4, 0.5) is 0 Å². The normalized spacial score (nSPS) is 12.9. The molecular weight excluding hydrogens is 306 g/mol. The SMILES string of the molecule is OCC(NCc1cccs1)c1ccc(Br)s1. The maximum atomic E-state index is 9.35. The van der Waals surface area contributed by atoms with E-state index in [2.05, 4.69) is 32.7 Å². The van der Waals surface area contributed by atoms with Gasteiger partial charge in [-0.3, -0.25) is 0 Å². The van der Waals surface area contributed by atoms with Crippen molar-refractivity contribution in [1.82, 2.24) is 5.32 Å². The molecule has 1 unspecified atom stereocenters. The minimum atomic E-state index is 0.0263. The van der Waals surface area contributed by atoms with Crippen LogP contribution in [0, 0.1) is 0 Å². The van der Waals surface area contributed by atoms with Crippen LogP contribution in [0.1, 0.15) is 15.8 Å². The molecule has 1 atom stereocenters. The summed E-state index contributed by atoms with van der Waals surface area (Å²) in [6.45, 7) is 0.927. The van der Waals surface area contributed by atoms with Crippen molar-refractivity contribution in [2.45, 2.75) is 12.6 Å². The predicted octanol–water partition coefficient (Wildman–Crippen LogP) is 3.40. The van der Waals surface area contributed by atoms with Crippen molar-refractivity contribution in [2.75, 3.05) is 6.61 Å². The molecule has 5 heteroatoms. The lowest BCUT2D eigenvalue weighted by molar-refractivity contribution is 0.246. The summed E-state index contributed by atoms with van der Waals surface area (Å²) in [7, 11) is 0. The summed E-state index contributed by atoms with van der Waals surface area (Å²) in [5.74, 6) is 0. The van der Waals surface area contributed by atoms with Crippen LogP contribution in [0.3, 0.4) is 0 Å². The van der Waals surface area contributed by atoms with E-state index in [1.165, 1.54) is 4.88 Å². The Balaban J connectivity index is 1.96. The second kappa shape index (κ2) is 5.93. The zero-order valence-electron chi connectivity index (χ0n) is 8.52. The first-order valence-electron chi connectivity index (χ1n) is 4.91. The van der Waals surface area contributed by atoms with Gasteiger partial charge in [-0.1, -0.05) is 6.07 Å². The molecular formula is C11H12BrNOS2. The average molecular weight is 318 g/mol. The van der Waals surface area contributed by atoms with Crippen molar-refractivity contribution >= 4 is 38.6 Å². The maximum absolute atomic E-state index is 9.35. The van der Waals surface area contributed by atoms with Gasteiger partial charge < -0.3 is 10.4 Å². The van der Waals surface area contributed by atoms with Gasteiger partial charge in [-0.25, -0.2) is 0 Å². The second-order valence-electron chi connectivity index (χ2n) is 3.34. The molecule has 0 saturated heterocycles. The summed E-state index contributed by atoms with van der Waals surface area (Å²) in [4.78, 5) is 2.44. The summed E-state index contributed by atoms with van der Waals surface area (Å²) >= 11 is 6.81. The van der Waals surface area contributed by atoms with Gasteiger partial charge in [0.2, 0.25) is 0 Å². The van der Waals surface area contributed by atoms with E-state index < -0.39 is 0 Å². The molecule has 0 radical (unpaired) electrons. The highest BCUT2D eigenvalue weighted by Gasteiger charge is 2.11. The number of aliphatic hydroxyl groups is 1. The molecule has 2 nitrogen and oxygen atoms in total. The van der Waals surface area contributed by atoms with Crippen LogP contribution in [0.5, 0.6) is 0 Å². The molecule has 0 aromatic carbocycles. The van der Waals surface area contributed by atoms with Crippen LogP contribution in [0.15, 0.2) is 33.4 Å². The van der Waals surface area contributed by atoms with E-state index in [-0.39, 0.29) is 12.6 Å². The minimum absolute atomic E-state index is 0.0263. The number of thiophene rings is 2. The monoisotopic (exact) mass is 317 g/mol. The molecule has 0 fully saturated rings. The van der Waals surface area contributed by atoms with E-state index in [9.17, 15) is 5.11 Å². The van der Waals surface area contributed by atoms with E-state index in [0.717, 1.165) is 15.2 Å². The molecule has 2 heterocycles. The van der Waals surface area contributed by atoms with Gasteiger partial charge in [0.25, 0.3) is 0 Å². The number of hydrogen-bond acceptors (Lipinski definition) is 4. The van der Waals surface area contributed by atoms with Crippen molar-refractivity contribution in [3.63, 3.8) is 0 Å². The van der Waals surface area contributed by atoms with Crippen molar-refractivity contribution in [2.24, 2.45) is 0 Å². The topological polar surface area (TPSA) is 32.3 Å². The van der Waals surface area contributed by atoms with E-state index >= 15 is 0 Å². The molecule has 0 spiro atoms. The molecule has 2 N–H and O–H groups in total. The molecule has 2 rings (SSSR count). The Morgan fingerprint density at radius 2 is 2.25 bits per heavy atom. The Hall–Kier alpha value is -0.200. The summed E-state index contributed by atoms with van der Waals surface area (Å²) < 4.78 is 1.10. The quantitative estimate of drug-likeness (QED) is 0.886. The van der Waals surface area contributed by atoms with Gasteiger partial charge in [-0.05, 0) is 39.5 Å². The van der Waals surface area contributed by atoms with E-state index in [4.69, 9.17) is 0 Å². The Morgan fingerprint density at radius 3 is 2.81 bits per heavy atom. The minimum Gasteiger partial charge on any atom is -0.394 e. The number of halogens is 1. The van der Waals surface area contributed by atoms with Gasteiger partial charge in [-0.15, -0.1) is 22.7 Å². The largest absolute Gasteiger partial charge is 0.394 e. The fourth-order valence-corrected chi connectivity index (χ4v) is 3.55. The molecule has 0 aliphatic heterocycles. The summed E-state index contributed by atoms with van der Waals surface area (Å²) in [5, 5.41) is 14.8. The van der Waals surface area contributed by atoms with E-state index in [1.807, 2.05) is 18.2 Å². The number of hydrogen-bond donors (Lipinski definition) is 2. The zero-order chi connectivity index (χ0) is 11.4. The second-order valence-corrected chi connectivity index (χ2v) is 6.86. The zero-order valence-corrected chi connectivity index (χ0v) is 11.7. The highest BCUT2D eigenvalue weighted by Crippen LogP contribution is 2.27. The van der Waals surface area contributed by atoms with Gasteiger partial charge in [0.05, 0.1) is 16.4 Å². The van der Waals surface area contributed by atoms with E-state index in [1.54, 1.807) is 22.7 Å². The van der Waals surface area contributed by atoms with Gasteiger partial charge in [0, 0.05) is 16.3 Å². The molecule has 2 aromatic heterocycles. The van der Waals surface area contributed by atoms with Gasteiger partial charge in [0.1, 0.15) is 0 Å². The molecule has 0 bridgehead atoms. The van der Waals surface area contributed by atoms with Crippen LogP contribution >= 0.6 is 38.6 Å². The maximum Gasteiger partial charge on any atom is 0.0702 e. The fourth-order valence-electron chi connectivity index (χ4n) is 1.41. The molecule has 0 aliphatic carbocycles. The number of nitrogens with one attached hydrogen (secondary N) is 1. The average Bonchev–Trinajstić information content (AvgIpc) is 2.91. The molecule has 0 aliphatic rings. The third-order valence-electron chi connectivity index (χ3n) is 2.22. The van der Waals surface area contributed by atoms with Crippen molar-refractivity contribution < 1.29 is 5.11 Å². The molecule has 0 amide bonds. The van der Waals surface area contributed by atoms with Crippen molar-refractivity contribution in [1.29, 1.82) is 0 Å². The highest BCUT2D eigenvalue weighted by molar-refractivity contribution is 9.11. The summed E-state index contributed by atoms with van der Waals surface area (Å²) in [6, 6.07) is 8.21. The van der Waals surface area contributed by atoms with Crippen LogP contribution in [0.2, 0.25) is 0 Å². The highest BCUT2D eigenvalue weighted by atomic mass is 79.9. The molecule has 2 aromatic rings. The summed E-state index contributed by atoms with van der Waals surface area (Å²) in [6.07, 6.45) is 0. The lowest BCUT2D eigenvalue weighted by Crippen LogP contribution is -2.22. The number of rotatable bonds is 5. The lowest BCUT2D eigenvalue weighted by Gasteiger charge is -2.13. The Kier molecular flexibility index (Phi) is 4.55. The third-order valence-corrected chi connectivity index (χ3v) is 4.84. The lowest BCUT2D eigenvalue weighted by atomic mass is 10.2. The van der Waals surface area contributed by atoms with Gasteiger partial charge >= 0.3 is 0 Å². The van der Waals surface area contributed by atoms with Crippen molar-refractivity contribution in [3.8, 4) is 0 Å². The van der Waals surface area contributed by atoms with Gasteiger partial charge in [0.15, 0.2) is 0 Å².